The lowest BCUT2D eigenvalue weighted by atomic mass is 10.1. The molecule has 0 radical (unpaired) electrons. The molecule has 5 heterocycles. The van der Waals surface area contributed by atoms with Crippen LogP contribution in [0.25, 0.3) is 11.0 Å². The van der Waals surface area contributed by atoms with E-state index in [9.17, 15) is 9.59 Å². The summed E-state index contributed by atoms with van der Waals surface area (Å²) in [6.45, 7) is 0.676. The van der Waals surface area contributed by atoms with Crippen LogP contribution < -0.4 is 20.9 Å². The standard InChI is InChI=1S/C26H32N8O2/c1-27-24(35)21-12-16-13-29-26(32-23(16)34(21)18-6-4-2-3-5-7-18)31-22-11-9-19(14-28-22)33-15-17-8-10-20(30-17)25(33)36/h9,11-14,17-18,20,30H,2-8,10,15H2,1H3,(H,27,35)(H,28,29,31,32). The van der Waals surface area contributed by atoms with E-state index in [0.29, 0.717) is 30.0 Å². The molecule has 10 nitrogen and oxygen atoms in total. The number of hydrogen-bond donors (Lipinski definition) is 3. The fraction of sp³-hybridized carbons (Fsp3) is 0.500. The van der Waals surface area contributed by atoms with Crippen LogP contribution in [0.15, 0.2) is 30.6 Å². The number of rotatable bonds is 5. The van der Waals surface area contributed by atoms with E-state index in [0.717, 1.165) is 55.2 Å². The van der Waals surface area contributed by atoms with Gasteiger partial charge in [0, 0.05) is 37.3 Å². The second kappa shape index (κ2) is 9.50. The third-order valence-corrected chi connectivity index (χ3v) is 7.73. The van der Waals surface area contributed by atoms with Crippen molar-refractivity contribution in [2.75, 3.05) is 23.8 Å². The number of carbonyl (C=O) groups excluding carboxylic acids is 2. The highest BCUT2D eigenvalue weighted by Crippen LogP contribution is 2.33. The Hall–Kier alpha value is -3.53. The van der Waals surface area contributed by atoms with E-state index in [2.05, 4.69) is 30.5 Å². The summed E-state index contributed by atoms with van der Waals surface area (Å²) >= 11 is 0. The van der Waals surface area contributed by atoms with E-state index >= 15 is 0 Å². The van der Waals surface area contributed by atoms with Crippen molar-refractivity contribution in [1.29, 1.82) is 0 Å². The topological polar surface area (TPSA) is 117 Å². The molecule has 2 atom stereocenters. The third kappa shape index (κ3) is 4.19. The van der Waals surface area contributed by atoms with Gasteiger partial charge in [-0.05, 0) is 43.9 Å². The van der Waals surface area contributed by atoms with Crippen LogP contribution in [0.3, 0.4) is 0 Å². The van der Waals surface area contributed by atoms with Crippen LogP contribution in [-0.4, -0.2) is 57.0 Å². The molecule has 2 unspecified atom stereocenters. The largest absolute Gasteiger partial charge is 0.354 e. The Morgan fingerprint density at radius 2 is 1.89 bits per heavy atom. The molecule has 2 bridgehead atoms. The minimum absolute atomic E-state index is 0.0777. The Morgan fingerprint density at radius 1 is 1.06 bits per heavy atom. The molecule has 1 aliphatic carbocycles. The first-order valence-corrected chi connectivity index (χ1v) is 13.0. The van der Waals surface area contributed by atoms with Gasteiger partial charge < -0.3 is 25.4 Å². The molecular weight excluding hydrogens is 456 g/mol. The first-order valence-electron chi connectivity index (χ1n) is 13.0. The summed E-state index contributed by atoms with van der Waals surface area (Å²) in [6.07, 6.45) is 12.3. The van der Waals surface area contributed by atoms with Gasteiger partial charge in [0.05, 0.1) is 17.9 Å². The number of pyridine rings is 1. The van der Waals surface area contributed by atoms with Crippen molar-refractivity contribution in [3.63, 3.8) is 0 Å². The van der Waals surface area contributed by atoms with Gasteiger partial charge in [-0.15, -0.1) is 0 Å². The predicted molar refractivity (Wildman–Crippen MR) is 137 cm³/mol. The van der Waals surface area contributed by atoms with Crippen LogP contribution in [0.5, 0.6) is 0 Å². The fourth-order valence-electron chi connectivity index (χ4n) is 5.88. The maximum absolute atomic E-state index is 12.7. The van der Waals surface area contributed by atoms with Gasteiger partial charge in [0.1, 0.15) is 17.2 Å². The molecule has 0 aromatic carbocycles. The van der Waals surface area contributed by atoms with Crippen molar-refractivity contribution >= 4 is 40.3 Å². The normalized spacial score (nSPS) is 22.6. The molecule has 188 valence electrons. The SMILES string of the molecule is CNC(=O)c1cc2cnc(Nc3ccc(N4CC5CCC(N5)C4=O)cn3)nc2n1C1CCCCCC1. The van der Waals surface area contributed by atoms with Gasteiger partial charge in [-0.2, -0.15) is 4.98 Å². The Labute approximate surface area is 209 Å². The van der Waals surface area contributed by atoms with E-state index < -0.39 is 0 Å². The quantitative estimate of drug-likeness (QED) is 0.472. The minimum Gasteiger partial charge on any atom is -0.354 e. The number of nitrogens with zero attached hydrogens (tertiary/aromatic N) is 5. The summed E-state index contributed by atoms with van der Waals surface area (Å²) in [5.41, 5.74) is 2.19. The monoisotopic (exact) mass is 488 g/mol. The van der Waals surface area contributed by atoms with E-state index in [4.69, 9.17) is 4.98 Å². The molecular formula is C26H32N8O2. The zero-order valence-corrected chi connectivity index (χ0v) is 20.5. The number of aromatic nitrogens is 4. The molecule has 0 spiro atoms. The van der Waals surface area contributed by atoms with Crippen molar-refractivity contribution in [2.24, 2.45) is 0 Å². The van der Waals surface area contributed by atoms with Crippen molar-refractivity contribution < 1.29 is 9.59 Å². The number of piperazine rings is 1. The van der Waals surface area contributed by atoms with Crippen LogP contribution in [0.4, 0.5) is 17.5 Å². The second-order valence-electron chi connectivity index (χ2n) is 10.1. The van der Waals surface area contributed by atoms with E-state index in [1.54, 1.807) is 19.4 Å². The zero-order valence-electron chi connectivity index (χ0n) is 20.5. The molecule has 36 heavy (non-hydrogen) atoms. The average molecular weight is 489 g/mol. The smallest absolute Gasteiger partial charge is 0.267 e. The number of carbonyl (C=O) groups is 2. The summed E-state index contributed by atoms with van der Waals surface area (Å²) in [5, 5.41) is 10.2. The molecule has 1 saturated carbocycles. The van der Waals surface area contributed by atoms with Crippen LogP contribution in [0.1, 0.15) is 67.9 Å². The molecule has 3 aromatic heterocycles. The molecule has 3 aromatic rings. The number of amides is 2. The first kappa shape index (κ1) is 22.9. The van der Waals surface area contributed by atoms with Gasteiger partial charge in [0.15, 0.2) is 0 Å². The number of fused-ring (bicyclic) bond motifs is 3. The Bertz CT molecular complexity index is 1280. The van der Waals surface area contributed by atoms with E-state index in [1.165, 1.54) is 12.8 Å². The minimum atomic E-state index is -0.111. The van der Waals surface area contributed by atoms with Gasteiger partial charge in [-0.25, -0.2) is 9.97 Å². The van der Waals surface area contributed by atoms with Gasteiger partial charge in [-0.1, -0.05) is 25.7 Å². The highest BCUT2D eigenvalue weighted by molar-refractivity contribution is 5.99. The van der Waals surface area contributed by atoms with Crippen molar-refractivity contribution in [3.05, 3.63) is 36.3 Å². The van der Waals surface area contributed by atoms with Gasteiger partial charge >= 0.3 is 0 Å². The summed E-state index contributed by atoms with van der Waals surface area (Å²) in [7, 11) is 1.66. The molecule has 2 saturated heterocycles. The van der Waals surface area contributed by atoms with Crippen LogP contribution in [0.2, 0.25) is 0 Å². The van der Waals surface area contributed by atoms with E-state index in [-0.39, 0.29) is 23.9 Å². The summed E-state index contributed by atoms with van der Waals surface area (Å²) in [6, 6.07) is 6.16. The molecule has 3 N–H and O–H groups in total. The maximum atomic E-state index is 12.7. The highest BCUT2D eigenvalue weighted by Gasteiger charge is 2.39. The summed E-state index contributed by atoms with van der Waals surface area (Å²) in [5.74, 6) is 1.03. The third-order valence-electron chi connectivity index (χ3n) is 7.73. The maximum Gasteiger partial charge on any atom is 0.267 e. The Morgan fingerprint density at radius 3 is 2.64 bits per heavy atom. The molecule has 6 rings (SSSR count). The van der Waals surface area contributed by atoms with Gasteiger partial charge in [0.25, 0.3) is 5.91 Å². The lowest BCUT2D eigenvalue weighted by molar-refractivity contribution is -0.121. The predicted octanol–water partition coefficient (Wildman–Crippen LogP) is 3.29. The van der Waals surface area contributed by atoms with Crippen LogP contribution in [-0.2, 0) is 4.79 Å². The Kier molecular flexibility index (Phi) is 6.04. The zero-order chi connectivity index (χ0) is 24.6. The highest BCUT2D eigenvalue weighted by atomic mass is 16.2. The number of anilines is 3. The molecule has 2 aliphatic heterocycles. The number of nitrogens with one attached hydrogen (secondary N) is 3. The summed E-state index contributed by atoms with van der Waals surface area (Å²) < 4.78 is 2.10. The van der Waals surface area contributed by atoms with Crippen LogP contribution in [0, 0.1) is 0 Å². The van der Waals surface area contributed by atoms with Crippen molar-refractivity contribution in [1.82, 2.24) is 30.2 Å². The molecule has 3 fully saturated rings. The van der Waals surface area contributed by atoms with Crippen molar-refractivity contribution in [2.45, 2.75) is 69.5 Å². The second-order valence-corrected chi connectivity index (χ2v) is 10.1. The van der Waals surface area contributed by atoms with E-state index in [1.807, 2.05) is 23.1 Å². The lowest BCUT2D eigenvalue weighted by Crippen LogP contribution is -2.55. The van der Waals surface area contributed by atoms with Gasteiger partial charge in [0.2, 0.25) is 11.9 Å². The molecule has 3 aliphatic rings. The number of hydrogen-bond acceptors (Lipinski definition) is 7. The van der Waals surface area contributed by atoms with Crippen LogP contribution >= 0.6 is 0 Å². The van der Waals surface area contributed by atoms with Crippen molar-refractivity contribution in [3.8, 4) is 0 Å². The fourth-order valence-corrected chi connectivity index (χ4v) is 5.88. The Balaban J connectivity index is 1.27. The molecule has 10 heteroatoms. The molecule has 2 amide bonds. The summed E-state index contributed by atoms with van der Waals surface area (Å²) in [4.78, 5) is 41.1. The average Bonchev–Trinajstić information content (AvgIpc) is 3.37. The lowest BCUT2D eigenvalue weighted by Gasteiger charge is -2.32. The van der Waals surface area contributed by atoms with Gasteiger partial charge in [-0.3, -0.25) is 9.59 Å². The first-order chi connectivity index (χ1) is 17.6.